The van der Waals surface area contributed by atoms with Gasteiger partial charge in [-0.1, -0.05) is 42.5 Å². The summed E-state index contributed by atoms with van der Waals surface area (Å²) in [4.78, 5) is 31.7. The number of hydrogen-bond donors (Lipinski definition) is 0. The lowest BCUT2D eigenvalue weighted by atomic mass is 10.0. The molecule has 5 rings (SSSR count). The monoisotopic (exact) mass is 423 g/mol. The van der Waals surface area contributed by atoms with E-state index in [0.29, 0.717) is 32.5 Å². The number of carbonyl (C=O) groups is 2. The van der Waals surface area contributed by atoms with Gasteiger partial charge < -0.3 is 14.5 Å². The Morgan fingerprint density at radius 1 is 1.19 bits per heavy atom. The van der Waals surface area contributed by atoms with Gasteiger partial charge in [0, 0.05) is 19.5 Å². The van der Waals surface area contributed by atoms with Crippen molar-refractivity contribution in [2.24, 2.45) is 0 Å². The molecule has 7 heteroatoms. The Kier molecular flexibility index (Phi) is 5.02. The second kappa shape index (κ2) is 7.73. The van der Waals surface area contributed by atoms with Crippen LogP contribution in [0.25, 0.3) is 0 Å². The first-order valence-corrected chi connectivity index (χ1v) is 10.7. The van der Waals surface area contributed by atoms with Crippen LogP contribution in [0, 0.1) is 5.82 Å². The highest BCUT2D eigenvalue weighted by Crippen LogP contribution is 2.51. The lowest BCUT2D eigenvalue weighted by molar-refractivity contribution is -0.141. The number of likely N-dealkylation sites (N-methyl/N-ethyl adjacent to an activating group) is 1. The molecule has 6 nitrogen and oxygen atoms in total. The molecule has 3 aliphatic rings. The molecule has 31 heavy (non-hydrogen) atoms. The number of ether oxygens (including phenoxy) is 1. The fourth-order valence-corrected chi connectivity index (χ4v) is 5.34. The molecule has 0 aliphatic carbocycles. The standard InChI is InChI=1S/C24H26FN3O3/c1-26(14-17-7-9-19(25)10-8-17)15-23(30)27-12-11-24-21(27)13-22(29)28(24)20(16-31-24)18-5-3-2-4-6-18/h2-10,20-21H,11-16H2,1H3/t20-,21+,24-/m0/s1. The van der Waals surface area contributed by atoms with Crippen molar-refractivity contribution in [3.05, 3.63) is 71.5 Å². The maximum absolute atomic E-state index is 13.1. The molecular formula is C24H26FN3O3. The maximum atomic E-state index is 13.1. The molecule has 3 saturated heterocycles. The molecule has 0 saturated carbocycles. The lowest BCUT2D eigenvalue weighted by Crippen LogP contribution is -2.50. The minimum Gasteiger partial charge on any atom is -0.351 e. The van der Waals surface area contributed by atoms with Gasteiger partial charge in [0.2, 0.25) is 11.8 Å². The van der Waals surface area contributed by atoms with E-state index < -0.39 is 5.72 Å². The average Bonchev–Trinajstić information content (AvgIpc) is 3.39. The number of hydrogen-bond acceptors (Lipinski definition) is 4. The Morgan fingerprint density at radius 3 is 2.68 bits per heavy atom. The van der Waals surface area contributed by atoms with Gasteiger partial charge >= 0.3 is 0 Å². The van der Waals surface area contributed by atoms with Gasteiger partial charge in [-0.15, -0.1) is 0 Å². The van der Waals surface area contributed by atoms with E-state index >= 15 is 0 Å². The van der Waals surface area contributed by atoms with Gasteiger partial charge in [-0.2, -0.15) is 0 Å². The number of carbonyl (C=O) groups excluding carboxylic acids is 2. The average molecular weight is 423 g/mol. The third-order valence-corrected chi connectivity index (χ3v) is 6.73. The Bertz CT molecular complexity index is 983. The smallest absolute Gasteiger partial charge is 0.237 e. The number of likely N-dealkylation sites (tertiary alicyclic amines) is 1. The molecule has 3 atom stereocenters. The van der Waals surface area contributed by atoms with Gasteiger partial charge in [-0.3, -0.25) is 14.5 Å². The SMILES string of the molecule is CN(CC(=O)N1CC[C@@]23OC[C@@H](c4ccccc4)N2C(=O)C[C@@H]13)Cc1ccc(F)cc1. The van der Waals surface area contributed by atoms with Crippen molar-refractivity contribution in [3.63, 3.8) is 0 Å². The Morgan fingerprint density at radius 2 is 1.94 bits per heavy atom. The van der Waals surface area contributed by atoms with Crippen LogP contribution in [0.3, 0.4) is 0 Å². The molecule has 162 valence electrons. The zero-order chi connectivity index (χ0) is 21.6. The van der Waals surface area contributed by atoms with E-state index in [9.17, 15) is 14.0 Å². The first-order valence-electron chi connectivity index (χ1n) is 10.7. The quantitative estimate of drug-likeness (QED) is 0.742. The Balaban J connectivity index is 1.28. The molecule has 0 aromatic heterocycles. The Labute approximate surface area is 181 Å². The largest absolute Gasteiger partial charge is 0.351 e. The van der Waals surface area contributed by atoms with Crippen molar-refractivity contribution < 1.29 is 18.7 Å². The van der Waals surface area contributed by atoms with Gasteiger partial charge in [-0.25, -0.2) is 4.39 Å². The minimum atomic E-state index is -0.706. The molecule has 0 N–H and O–H groups in total. The summed E-state index contributed by atoms with van der Waals surface area (Å²) in [5.41, 5.74) is 1.31. The van der Waals surface area contributed by atoms with Gasteiger partial charge in [0.15, 0.2) is 5.72 Å². The highest BCUT2D eigenvalue weighted by Gasteiger charge is 2.65. The molecule has 0 bridgehead atoms. The molecule has 0 unspecified atom stereocenters. The first kappa shape index (κ1) is 20.2. The Hall–Kier alpha value is -2.77. The zero-order valence-electron chi connectivity index (χ0n) is 17.5. The topological polar surface area (TPSA) is 53.1 Å². The van der Waals surface area contributed by atoms with Crippen molar-refractivity contribution >= 4 is 11.8 Å². The van der Waals surface area contributed by atoms with Crippen LogP contribution in [0.5, 0.6) is 0 Å². The predicted octanol–water partition coefficient (Wildman–Crippen LogP) is 2.56. The molecular weight excluding hydrogens is 397 g/mol. The van der Waals surface area contributed by atoms with Crippen LogP contribution >= 0.6 is 0 Å². The molecule has 1 spiro atoms. The number of benzene rings is 2. The fourth-order valence-electron chi connectivity index (χ4n) is 5.34. The zero-order valence-corrected chi connectivity index (χ0v) is 17.5. The minimum absolute atomic E-state index is 0.00658. The number of halogens is 1. The summed E-state index contributed by atoms with van der Waals surface area (Å²) >= 11 is 0. The molecule has 2 aromatic carbocycles. The van der Waals surface area contributed by atoms with E-state index in [-0.39, 0.29) is 36.3 Å². The number of nitrogens with zero attached hydrogens (tertiary/aromatic N) is 3. The van der Waals surface area contributed by atoms with Crippen molar-refractivity contribution in [2.45, 2.75) is 37.2 Å². The summed E-state index contributed by atoms with van der Waals surface area (Å²) in [5, 5.41) is 0. The van der Waals surface area contributed by atoms with Crippen LogP contribution in [-0.2, 0) is 20.9 Å². The van der Waals surface area contributed by atoms with Crippen molar-refractivity contribution in [3.8, 4) is 0 Å². The molecule has 3 heterocycles. The molecule has 2 amide bonds. The van der Waals surface area contributed by atoms with E-state index in [0.717, 1.165) is 11.1 Å². The fraction of sp³-hybridized carbons (Fsp3) is 0.417. The molecule has 2 aromatic rings. The normalized spacial score (nSPS) is 27.1. The van der Waals surface area contributed by atoms with E-state index in [4.69, 9.17) is 4.74 Å². The number of amides is 2. The summed E-state index contributed by atoms with van der Waals surface area (Å²) in [6.45, 7) is 1.82. The van der Waals surface area contributed by atoms with Crippen LogP contribution in [0.4, 0.5) is 4.39 Å². The van der Waals surface area contributed by atoms with E-state index in [2.05, 4.69) is 0 Å². The predicted molar refractivity (Wildman–Crippen MR) is 112 cm³/mol. The summed E-state index contributed by atoms with van der Waals surface area (Å²) in [6.07, 6.45) is 0.941. The van der Waals surface area contributed by atoms with Crippen molar-refractivity contribution in [1.82, 2.24) is 14.7 Å². The highest BCUT2D eigenvalue weighted by atomic mass is 19.1. The summed E-state index contributed by atoms with van der Waals surface area (Å²) in [7, 11) is 1.87. The number of rotatable bonds is 5. The highest BCUT2D eigenvalue weighted by molar-refractivity contribution is 5.85. The van der Waals surface area contributed by atoms with E-state index in [1.807, 2.05) is 52.1 Å². The second-order valence-corrected chi connectivity index (χ2v) is 8.70. The van der Waals surface area contributed by atoms with Crippen LogP contribution in [-0.4, -0.2) is 65.0 Å². The summed E-state index contributed by atoms with van der Waals surface area (Å²) in [6, 6.07) is 15.9. The third-order valence-electron chi connectivity index (χ3n) is 6.73. The third kappa shape index (κ3) is 3.42. The van der Waals surface area contributed by atoms with Gasteiger partial charge in [-0.05, 0) is 30.3 Å². The summed E-state index contributed by atoms with van der Waals surface area (Å²) in [5.74, 6) is -0.230. The van der Waals surface area contributed by atoms with E-state index in [1.54, 1.807) is 12.1 Å². The van der Waals surface area contributed by atoms with Crippen LogP contribution in [0.15, 0.2) is 54.6 Å². The van der Waals surface area contributed by atoms with Gasteiger partial charge in [0.05, 0.1) is 31.7 Å². The maximum Gasteiger partial charge on any atom is 0.237 e. The van der Waals surface area contributed by atoms with Crippen LogP contribution in [0.2, 0.25) is 0 Å². The van der Waals surface area contributed by atoms with Crippen LogP contribution in [0.1, 0.15) is 30.0 Å². The molecule has 0 radical (unpaired) electrons. The first-order chi connectivity index (χ1) is 15.0. The summed E-state index contributed by atoms with van der Waals surface area (Å²) < 4.78 is 19.4. The lowest BCUT2D eigenvalue weighted by Gasteiger charge is -2.33. The molecule has 3 fully saturated rings. The van der Waals surface area contributed by atoms with Gasteiger partial charge in [0.1, 0.15) is 5.82 Å². The van der Waals surface area contributed by atoms with E-state index in [1.165, 1.54) is 12.1 Å². The van der Waals surface area contributed by atoms with Gasteiger partial charge in [0.25, 0.3) is 0 Å². The molecule has 3 aliphatic heterocycles. The van der Waals surface area contributed by atoms with Crippen molar-refractivity contribution in [1.29, 1.82) is 0 Å². The second-order valence-electron chi connectivity index (χ2n) is 8.70. The van der Waals surface area contributed by atoms with Crippen molar-refractivity contribution in [2.75, 3.05) is 26.7 Å². The van der Waals surface area contributed by atoms with Crippen LogP contribution < -0.4 is 0 Å².